The zero-order valence-electron chi connectivity index (χ0n) is 21.6. The smallest absolute Gasteiger partial charge is 0.130 e. The molecule has 3 aliphatic rings. The van der Waals surface area contributed by atoms with Crippen LogP contribution >= 0.6 is 0 Å². The van der Waals surface area contributed by atoms with Crippen LogP contribution < -0.4 is 16.4 Å². The molecule has 1 aromatic heterocycles. The summed E-state index contributed by atoms with van der Waals surface area (Å²) in [5, 5.41) is 7.42. The molecule has 3 aliphatic heterocycles. The highest BCUT2D eigenvalue weighted by Crippen LogP contribution is 2.48. The molecule has 0 radical (unpaired) electrons. The Labute approximate surface area is 199 Å². The van der Waals surface area contributed by atoms with E-state index >= 15 is 0 Å². The molecule has 7 nitrogen and oxygen atoms in total. The molecule has 0 aliphatic carbocycles. The van der Waals surface area contributed by atoms with Gasteiger partial charge in [-0.2, -0.15) is 0 Å². The number of hydrogen-bond donors (Lipinski definition) is 3. The molecule has 33 heavy (non-hydrogen) atoms. The van der Waals surface area contributed by atoms with E-state index in [1.807, 2.05) is 20.8 Å². The van der Waals surface area contributed by atoms with E-state index in [9.17, 15) is 0 Å². The predicted molar refractivity (Wildman–Crippen MR) is 137 cm³/mol. The number of piperidine rings is 1. The summed E-state index contributed by atoms with van der Waals surface area (Å²) in [7, 11) is 2.22. The molecule has 1 atom stereocenters. The number of anilines is 1. The van der Waals surface area contributed by atoms with Crippen LogP contribution in [0.3, 0.4) is 0 Å². The van der Waals surface area contributed by atoms with Crippen LogP contribution in [0, 0.1) is 6.92 Å². The van der Waals surface area contributed by atoms with Crippen molar-refractivity contribution in [1.82, 2.24) is 30.4 Å². The number of rotatable bonds is 3. The number of hydrogen-bond acceptors (Lipinski definition) is 7. The van der Waals surface area contributed by atoms with E-state index in [1.165, 1.54) is 23.3 Å². The second-order valence-electron chi connectivity index (χ2n) is 9.58. The molecule has 180 valence electrons. The second-order valence-corrected chi connectivity index (χ2v) is 9.58. The number of nitrogens with zero attached hydrogens (tertiary/aromatic N) is 4. The molecule has 4 rings (SSSR count). The number of allylic oxidation sites excluding steroid dienone is 3. The zero-order valence-corrected chi connectivity index (χ0v) is 21.6. The maximum Gasteiger partial charge on any atom is 0.130 e. The molecule has 2 fully saturated rings. The first-order valence-electron chi connectivity index (χ1n) is 12.0. The Morgan fingerprint density at radius 2 is 1.97 bits per heavy atom. The number of aromatic nitrogens is 2. The van der Waals surface area contributed by atoms with Crippen molar-refractivity contribution in [3.05, 3.63) is 64.7 Å². The van der Waals surface area contributed by atoms with Gasteiger partial charge in [-0.25, -0.2) is 9.97 Å². The van der Waals surface area contributed by atoms with Crippen LogP contribution in [0.15, 0.2) is 53.4 Å². The molecule has 4 N–H and O–H groups in total. The van der Waals surface area contributed by atoms with E-state index in [4.69, 9.17) is 5.73 Å². The van der Waals surface area contributed by atoms with Gasteiger partial charge < -0.3 is 26.2 Å². The van der Waals surface area contributed by atoms with Gasteiger partial charge in [0.1, 0.15) is 17.8 Å². The van der Waals surface area contributed by atoms with Crippen molar-refractivity contribution in [2.24, 2.45) is 0 Å². The van der Waals surface area contributed by atoms with Crippen LogP contribution in [-0.2, 0) is 6.54 Å². The summed E-state index contributed by atoms with van der Waals surface area (Å²) in [5.41, 5.74) is 13.4. The Bertz CT molecular complexity index is 1020. The van der Waals surface area contributed by atoms with Crippen molar-refractivity contribution in [3.8, 4) is 0 Å². The Balaban J connectivity index is 0.00000149. The van der Waals surface area contributed by atoms with E-state index in [2.05, 4.69) is 83.9 Å². The van der Waals surface area contributed by atoms with Gasteiger partial charge in [0.15, 0.2) is 0 Å². The van der Waals surface area contributed by atoms with Gasteiger partial charge in [0.05, 0.1) is 35.0 Å². The summed E-state index contributed by atoms with van der Waals surface area (Å²) in [6.45, 7) is 20.9. The fourth-order valence-electron chi connectivity index (χ4n) is 5.17. The Morgan fingerprint density at radius 1 is 1.27 bits per heavy atom. The van der Waals surface area contributed by atoms with Crippen molar-refractivity contribution in [2.45, 2.75) is 79.1 Å². The average molecular weight is 452 g/mol. The zero-order chi connectivity index (χ0) is 24.6. The van der Waals surface area contributed by atoms with Crippen LogP contribution in [0.2, 0.25) is 0 Å². The maximum atomic E-state index is 5.98. The van der Waals surface area contributed by atoms with Crippen LogP contribution in [0.4, 0.5) is 5.82 Å². The second kappa shape index (κ2) is 9.21. The number of likely N-dealkylation sites (tertiary alicyclic amines) is 1. The molecule has 0 aromatic carbocycles. The summed E-state index contributed by atoms with van der Waals surface area (Å²) < 4.78 is 0. The predicted octanol–water partition coefficient (Wildman–Crippen LogP) is 4.18. The molecule has 1 unspecified atom stereocenters. The maximum absolute atomic E-state index is 5.98. The highest BCUT2D eigenvalue weighted by Gasteiger charge is 2.53. The Hall–Kier alpha value is -2.80. The fraction of sp³-hybridized carbons (Fsp3) is 0.538. The molecule has 7 heteroatoms. The first-order valence-corrected chi connectivity index (χ1v) is 12.0. The fourth-order valence-corrected chi connectivity index (χ4v) is 5.17. The van der Waals surface area contributed by atoms with Gasteiger partial charge in [-0.05, 0) is 53.3 Å². The Kier molecular flexibility index (Phi) is 6.93. The van der Waals surface area contributed by atoms with Crippen molar-refractivity contribution in [1.29, 1.82) is 0 Å². The summed E-state index contributed by atoms with van der Waals surface area (Å²) in [4.78, 5) is 13.4. The molecule has 1 aromatic rings. The Morgan fingerprint density at radius 3 is 2.61 bits per heavy atom. The van der Waals surface area contributed by atoms with Gasteiger partial charge in [-0.3, -0.25) is 0 Å². The molecule has 2 saturated heterocycles. The highest BCUT2D eigenvalue weighted by molar-refractivity contribution is 5.54. The van der Waals surface area contributed by atoms with Crippen LogP contribution in [0.5, 0.6) is 0 Å². The number of nitrogens with one attached hydrogen (secondary N) is 2. The molecule has 0 amide bonds. The minimum Gasteiger partial charge on any atom is -0.383 e. The molecule has 1 spiro atoms. The van der Waals surface area contributed by atoms with Gasteiger partial charge in [-0.1, -0.05) is 26.5 Å². The summed E-state index contributed by atoms with van der Waals surface area (Å²) in [6.07, 6.45) is 7.96. The minimum atomic E-state index is -0.179. The lowest BCUT2D eigenvalue weighted by Gasteiger charge is -2.53. The molecular formula is C26H41N7. The lowest BCUT2D eigenvalue weighted by molar-refractivity contribution is -0.000893. The lowest BCUT2D eigenvalue weighted by atomic mass is 9.81. The quantitative estimate of drug-likeness (QED) is 0.636. The third-order valence-electron chi connectivity index (χ3n) is 7.14. The first kappa shape index (κ1) is 24.8. The largest absolute Gasteiger partial charge is 0.383 e. The van der Waals surface area contributed by atoms with Gasteiger partial charge in [-0.15, -0.1) is 0 Å². The lowest BCUT2D eigenvalue weighted by Crippen LogP contribution is -2.63. The third kappa shape index (κ3) is 4.26. The van der Waals surface area contributed by atoms with E-state index in [1.54, 1.807) is 0 Å². The van der Waals surface area contributed by atoms with Crippen molar-refractivity contribution in [2.75, 3.05) is 19.3 Å². The van der Waals surface area contributed by atoms with Crippen LogP contribution in [-0.4, -0.2) is 44.6 Å². The van der Waals surface area contributed by atoms with Crippen LogP contribution in [0.25, 0.3) is 0 Å². The topological polar surface area (TPSA) is 82.3 Å². The third-order valence-corrected chi connectivity index (χ3v) is 7.14. The molecule has 4 heterocycles. The number of nitrogen functional groups attached to an aromatic ring is 1. The average Bonchev–Trinajstić information content (AvgIpc) is 3.05. The normalized spacial score (nSPS) is 25.5. The number of fused-ring (bicyclic) bond motifs is 2. The van der Waals surface area contributed by atoms with Gasteiger partial charge in [0, 0.05) is 30.5 Å². The van der Waals surface area contributed by atoms with E-state index in [0.29, 0.717) is 12.4 Å². The van der Waals surface area contributed by atoms with Gasteiger partial charge in [0.2, 0.25) is 0 Å². The van der Waals surface area contributed by atoms with Gasteiger partial charge >= 0.3 is 0 Å². The standard InChI is InChI=1S/C24H35N7.C2H6/c1-8-20-18(26-12-19-16(3)22(25)28-14-27-19)11-15(2)21-17(4)29-24(31(20)21)9-10-30(7)23(5,6)13-24;1-2/h8,11,14,26,29H,4,9-10,12-13H2,1-3,5-7H3,(H2,25,27,28);1-2H3/b20-8+;. The van der Waals surface area contributed by atoms with Gasteiger partial charge in [0.25, 0.3) is 0 Å². The van der Waals surface area contributed by atoms with E-state index in [-0.39, 0.29) is 11.2 Å². The summed E-state index contributed by atoms with van der Waals surface area (Å²) in [6, 6.07) is 0. The first-order chi connectivity index (χ1) is 15.6. The number of nitrogens with two attached hydrogens (primary N) is 1. The minimum absolute atomic E-state index is 0.0814. The molecular weight excluding hydrogens is 410 g/mol. The van der Waals surface area contributed by atoms with Crippen LogP contribution in [0.1, 0.15) is 65.6 Å². The van der Waals surface area contributed by atoms with Crippen molar-refractivity contribution >= 4 is 5.82 Å². The SMILES string of the molecule is C=C1NC2(CCN(C)C(C)(C)C2)N2C1=C(C)C=C(NCc1ncnc(N)c1C)/C2=C\C.CC. The molecule has 0 bridgehead atoms. The van der Waals surface area contributed by atoms with Crippen molar-refractivity contribution < 1.29 is 0 Å². The summed E-state index contributed by atoms with van der Waals surface area (Å²) >= 11 is 0. The van der Waals surface area contributed by atoms with Crippen molar-refractivity contribution in [3.63, 3.8) is 0 Å². The van der Waals surface area contributed by atoms with E-state index in [0.717, 1.165) is 42.0 Å². The summed E-state index contributed by atoms with van der Waals surface area (Å²) in [5.74, 6) is 0.529. The monoisotopic (exact) mass is 451 g/mol. The highest BCUT2D eigenvalue weighted by atomic mass is 15.4. The van der Waals surface area contributed by atoms with E-state index < -0.39 is 0 Å². The molecule has 0 saturated carbocycles.